The molecule has 0 heterocycles. The van der Waals surface area contributed by atoms with Crippen LogP contribution in [-0.4, -0.2) is 6.26 Å². The smallest absolute Gasteiger partial charge is 0.0300 e. The van der Waals surface area contributed by atoms with Crippen LogP contribution in [0, 0.1) is 0 Å². The van der Waals surface area contributed by atoms with E-state index in [0.29, 0.717) is 0 Å². The highest BCUT2D eigenvalue weighted by molar-refractivity contribution is 7.93. The molecule has 0 spiro atoms. The van der Waals surface area contributed by atoms with Crippen LogP contribution in [-0.2, 0) is 9.32 Å². The summed E-state index contributed by atoms with van der Waals surface area (Å²) in [6.45, 7) is 4.00. The second-order valence-corrected chi connectivity index (χ2v) is 0.800. The molecule has 54 valence electrons. The van der Waals surface area contributed by atoms with E-state index in [-0.39, 0.29) is 7.43 Å². The second kappa shape index (κ2) is 26.9. The third-order valence-electron chi connectivity index (χ3n) is 0.107. The Hall–Kier alpha value is 0.230. The van der Waals surface area contributed by atoms with Crippen LogP contribution >= 0.6 is 12.0 Å². The van der Waals surface area contributed by atoms with E-state index in [0.717, 1.165) is 12.0 Å². The molecule has 3 nitrogen and oxygen atoms in total. The summed E-state index contributed by atoms with van der Waals surface area (Å²) < 4.78 is 4.03. The molecule has 0 aromatic carbocycles. The summed E-state index contributed by atoms with van der Waals surface area (Å²) in [5, 5.41) is 0. The first kappa shape index (κ1) is 15.7. The summed E-state index contributed by atoms with van der Waals surface area (Å²) >= 11 is 1.05. The molecular formula is C4H15NO2S. The number of hydrogen-bond donors (Lipinski definition) is 1. The molecule has 0 bridgehead atoms. The maximum Gasteiger partial charge on any atom is 0.0300 e. The lowest BCUT2D eigenvalue weighted by Crippen LogP contribution is -1.92. The summed E-state index contributed by atoms with van der Waals surface area (Å²) in [5.41, 5.74) is 0. The van der Waals surface area contributed by atoms with Gasteiger partial charge in [-0.1, -0.05) is 21.3 Å². The topological polar surface area (TPSA) is 44.5 Å². The van der Waals surface area contributed by atoms with Gasteiger partial charge in [0, 0.05) is 18.3 Å². The number of rotatable bonds is 2. The highest BCUT2D eigenvalue weighted by atomic mass is 32.2. The largest absolute Gasteiger partial charge is 0.182 e. The number of nitrogens with two attached hydrogens (primary N) is 1. The maximum absolute atomic E-state index is 4.40. The second-order valence-electron chi connectivity index (χ2n) is 0.331. The van der Waals surface area contributed by atoms with Crippen molar-refractivity contribution in [1.29, 1.82) is 0 Å². The van der Waals surface area contributed by atoms with Crippen molar-refractivity contribution < 1.29 is 9.32 Å². The average Bonchev–Trinajstić information content (AvgIpc) is 1.75. The van der Waals surface area contributed by atoms with E-state index < -0.39 is 0 Å². The SMILES string of the molecule is C.CC.CSOON. The van der Waals surface area contributed by atoms with E-state index in [1.54, 1.807) is 6.26 Å². The molecule has 0 amide bonds. The van der Waals surface area contributed by atoms with Crippen molar-refractivity contribution in [1.82, 2.24) is 0 Å². The molecule has 0 rings (SSSR count). The van der Waals surface area contributed by atoms with Gasteiger partial charge in [-0.25, -0.2) is 0 Å². The molecule has 0 unspecified atom stereocenters. The van der Waals surface area contributed by atoms with Gasteiger partial charge in [-0.3, -0.25) is 0 Å². The van der Waals surface area contributed by atoms with E-state index in [9.17, 15) is 0 Å². The Bertz CT molecular complexity index is 21.5. The fourth-order valence-corrected chi connectivity index (χ4v) is 0.118. The van der Waals surface area contributed by atoms with E-state index >= 15 is 0 Å². The Morgan fingerprint density at radius 3 is 1.75 bits per heavy atom. The zero-order valence-corrected chi connectivity index (χ0v) is 5.62. The highest BCUT2D eigenvalue weighted by Gasteiger charge is 1.65. The normalized spacial score (nSPS) is 6.00. The lowest BCUT2D eigenvalue weighted by molar-refractivity contribution is -0.194. The molecule has 0 aliphatic carbocycles. The first-order chi connectivity index (χ1) is 3.41. The molecule has 2 N–H and O–H groups in total. The van der Waals surface area contributed by atoms with Crippen molar-refractivity contribution in [2.75, 3.05) is 6.26 Å². The summed E-state index contributed by atoms with van der Waals surface area (Å²) in [4.78, 5) is 3.65. The van der Waals surface area contributed by atoms with Gasteiger partial charge in [0.25, 0.3) is 0 Å². The van der Waals surface area contributed by atoms with Crippen LogP contribution < -0.4 is 5.90 Å². The van der Waals surface area contributed by atoms with Crippen molar-refractivity contribution >= 4 is 12.0 Å². The van der Waals surface area contributed by atoms with Crippen LogP contribution in [0.3, 0.4) is 0 Å². The van der Waals surface area contributed by atoms with Gasteiger partial charge in [-0.2, -0.15) is 5.90 Å². The average molecular weight is 141 g/mol. The number of hydrogen-bond acceptors (Lipinski definition) is 4. The van der Waals surface area contributed by atoms with Gasteiger partial charge in [0.15, 0.2) is 0 Å². The molecule has 0 aliphatic rings. The predicted molar refractivity (Wildman–Crippen MR) is 38.0 cm³/mol. The molecule has 0 saturated carbocycles. The van der Waals surface area contributed by atoms with Gasteiger partial charge in [0.05, 0.1) is 0 Å². The quantitative estimate of drug-likeness (QED) is 0.361. The highest BCUT2D eigenvalue weighted by Crippen LogP contribution is 1.88. The molecule has 0 aromatic heterocycles. The minimum Gasteiger partial charge on any atom is -0.182 e. The minimum atomic E-state index is 0. The summed E-state index contributed by atoms with van der Waals surface area (Å²) in [7, 11) is 0. The van der Waals surface area contributed by atoms with Crippen LogP contribution in [0.15, 0.2) is 0 Å². The van der Waals surface area contributed by atoms with E-state index in [4.69, 9.17) is 0 Å². The van der Waals surface area contributed by atoms with Gasteiger partial charge in [0.2, 0.25) is 0 Å². The Balaban J connectivity index is -0.0000000750. The maximum atomic E-state index is 4.40. The zero-order valence-electron chi connectivity index (χ0n) is 4.80. The summed E-state index contributed by atoms with van der Waals surface area (Å²) in [6, 6.07) is 0. The molecule has 0 fully saturated rings. The van der Waals surface area contributed by atoms with E-state index in [2.05, 4.69) is 15.2 Å². The third-order valence-corrected chi connectivity index (χ3v) is 0.322. The monoisotopic (exact) mass is 141 g/mol. The van der Waals surface area contributed by atoms with Crippen molar-refractivity contribution in [3.63, 3.8) is 0 Å². The van der Waals surface area contributed by atoms with E-state index in [1.165, 1.54) is 0 Å². The molecule has 0 aromatic rings. The van der Waals surface area contributed by atoms with Gasteiger partial charge in [-0.15, -0.1) is 9.32 Å². The molecule has 0 atom stereocenters. The van der Waals surface area contributed by atoms with Crippen LogP contribution in [0.4, 0.5) is 0 Å². The Morgan fingerprint density at radius 1 is 1.38 bits per heavy atom. The first-order valence-electron chi connectivity index (χ1n) is 1.98. The van der Waals surface area contributed by atoms with Crippen LogP contribution in [0.5, 0.6) is 0 Å². The minimum absolute atomic E-state index is 0. The third kappa shape index (κ3) is 34.3. The van der Waals surface area contributed by atoms with Crippen molar-refractivity contribution in [2.24, 2.45) is 5.90 Å². The van der Waals surface area contributed by atoms with Gasteiger partial charge < -0.3 is 0 Å². The molecule has 8 heavy (non-hydrogen) atoms. The lowest BCUT2D eigenvalue weighted by Gasteiger charge is -1.83. The fraction of sp³-hybridized carbons (Fsp3) is 1.00. The van der Waals surface area contributed by atoms with Crippen molar-refractivity contribution in [3.05, 3.63) is 0 Å². The van der Waals surface area contributed by atoms with E-state index in [1.807, 2.05) is 13.8 Å². The molecule has 4 heteroatoms. The van der Waals surface area contributed by atoms with Crippen LogP contribution in [0.25, 0.3) is 0 Å². The zero-order chi connectivity index (χ0) is 6.12. The van der Waals surface area contributed by atoms with Gasteiger partial charge in [-0.05, 0) is 0 Å². The van der Waals surface area contributed by atoms with Crippen LogP contribution in [0.1, 0.15) is 21.3 Å². The Kier molecular flexibility index (Phi) is 52.9. The Labute approximate surface area is 55.6 Å². The fourth-order valence-electron chi connectivity index (χ4n) is 0.0393. The predicted octanol–water partition coefficient (Wildman–Crippen LogP) is 1.75. The van der Waals surface area contributed by atoms with Gasteiger partial charge >= 0.3 is 0 Å². The first-order valence-corrected chi connectivity index (χ1v) is 3.13. The summed E-state index contributed by atoms with van der Waals surface area (Å²) in [5.74, 6) is 4.40. The van der Waals surface area contributed by atoms with Crippen molar-refractivity contribution in [3.8, 4) is 0 Å². The standard InChI is InChI=1S/C2H6.CH5NO2S.CH4/c1-2;1-5-4-3-2;/h1-2H3;2H2,1H3;1H4. The van der Waals surface area contributed by atoms with Crippen LogP contribution in [0.2, 0.25) is 0 Å². The Morgan fingerprint density at radius 2 is 1.75 bits per heavy atom. The summed E-state index contributed by atoms with van der Waals surface area (Å²) in [6.07, 6.45) is 1.70. The van der Waals surface area contributed by atoms with Gasteiger partial charge in [0.1, 0.15) is 0 Å². The molecule has 0 radical (unpaired) electrons. The molecular weight excluding hydrogens is 126 g/mol. The molecule has 0 aliphatic heterocycles. The molecule has 0 saturated heterocycles. The lowest BCUT2D eigenvalue weighted by atomic mass is 11.0. The van der Waals surface area contributed by atoms with Crippen molar-refractivity contribution in [2.45, 2.75) is 21.3 Å².